The van der Waals surface area contributed by atoms with E-state index in [0.717, 1.165) is 86.9 Å². The number of nitrogens with zero attached hydrogens (tertiary/aromatic N) is 1. The number of rotatable bonds is 25. The van der Waals surface area contributed by atoms with Crippen LogP contribution in [0, 0.1) is 35.7 Å². The van der Waals surface area contributed by atoms with Crippen LogP contribution in [0.3, 0.4) is 0 Å². The largest absolute Gasteiger partial charge is 0.504 e. The lowest BCUT2D eigenvalue weighted by atomic mass is 9.72. The van der Waals surface area contributed by atoms with Crippen LogP contribution in [-0.4, -0.2) is 95.1 Å². The van der Waals surface area contributed by atoms with Crippen LogP contribution in [0.5, 0.6) is 11.5 Å². The molecule has 9 N–H and O–H groups in total. The van der Waals surface area contributed by atoms with Crippen LogP contribution < -0.4 is 21.1 Å². The van der Waals surface area contributed by atoms with Gasteiger partial charge in [-0.3, -0.25) is 0 Å². The molecule has 0 bridgehead atoms. The Morgan fingerprint density at radius 1 is 1.09 bits per heavy atom. The molecule has 1 aromatic carbocycles. The Labute approximate surface area is 331 Å². The lowest BCUT2D eigenvalue weighted by Crippen LogP contribution is -2.50. The number of aliphatic imine (C=N–C) groups is 1. The molecule has 10 heteroatoms. The molecule has 10 nitrogen and oxygen atoms in total. The number of ether oxygens (including phenoxy) is 2. The highest BCUT2D eigenvalue weighted by molar-refractivity contribution is 6.03. The molecule has 0 amide bonds. The number of aromatic hydroxyl groups is 1. The molecule has 308 valence electrons. The molecule has 2 aliphatic carbocycles. The molecule has 0 aromatic heterocycles. The number of nitrogens with one attached hydrogen (secondary N) is 2. The maximum atomic E-state index is 11.4. The third kappa shape index (κ3) is 12.5. The van der Waals surface area contributed by atoms with E-state index in [1.54, 1.807) is 6.07 Å². The summed E-state index contributed by atoms with van der Waals surface area (Å²) in [6, 6.07) is 5.55. The topological polar surface area (TPSA) is 165 Å². The van der Waals surface area contributed by atoms with Crippen LogP contribution in [0.1, 0.15) is 116 Å². The third-order valence-electron chi connectivity index (χ3n) is 12.6. The highest BCUT2D eigenvalue weighted by Crippen LogP contribution is 2.50. The lowest BCUT2D eigenvalue weighted by Gasteiger charge is -2.33. The number of nitrogens with two attached hydrogens (primary N) is 1. The number of likely N-dealkylation sites (N-methyl/N-ethyl adjacent to an activating group) is 1. The minimum atomic E-state index is -0.942. The number of aryl methyl sites for hydroxylation is 1. The van der Waals surface area contributed by atoms with E-state index in [1.807, 2.05) is 26.1 Å². The van der Waals surface area contributed by atoms with Crippen molar-refractivity contribution in [2.45, 2.75) is 141 Å². The van der Waals surface area contributed by atoms with Crippen molar-refractivity contribution in [3.05, 3.63) is 59.2 Å². The van der Waals surface area contributed by atoms with Crippen LogP contribution in [0.15, 0.2) is 46.6 Å². The number of aliphatic hydroxyl groups is 5. The summed E-state index contributed by atoms with van der Waals surface area (Å²) in [7, 11) is 1.97. The minimum Gasteiger partial charge on any atom is -0.504 e. The van der Waals surface area contributed by atoms with E-state index < -0.39 is 12.2 Å². The Morgan fingerprint density at radius 2 is 1.91 bits per heavy atom. The number of hydrogen-bond donors (Lipinski definition) is 7. The van der Waals surface area contributed by atoms with Gasteiger partial charge in [0.15, 0.2) is 17.6 Å². The smallest absolute Gasteiger partial charge is 0.208 e. The number of aliphatic hydroxyl groups excluding tert-OH is 3. The predicted molar refractivity (Wildman–Crippen MR) is 222 cm³/mol. The molecule has 8 unspecified atom stereocenters. The van der Waals surface area contributed by atoms with Gasteiger partial charge < -0.3 is 46.3 Å². The standard InChI is InChI=1S/C45H72N4O6/c1-4-5-6-10-31(21-22-46)11-7-8-14-43-34(28-50)24-35(55-43)18-15-32-16-20-41(52)44(23-32)54-29-42(53)39-25-37-38(49-39)19-17-33-12-9-13-36(33)45(37)40(27-47-3)48-26-30(2)51/h16,20,23-25,30-31,33,36,40,42-43,45,47-48,50-51,53,55H,4-15,17-19,21-22,26-29,46H2,1-3H3/p+1. The average Bonchev–Trinajstić information content (AvgIpc) is 3.91. The Kier molecular flexibility index (Phi) is 17.7. The maximum absolute atomic E-state index is 11.4. The quantitative estimate of drug-likeness (QED) is 0.0372. The fourth-order valence-corrected chi connectivity index (χ4v) is 9.63. The Morgan fingerprint density at radius 3 is 2.65 bits per heavy atom. The molecule has 2 saturated carbocycles. The van der Waals surface area contributed by atoms with E-state index in [0.29, 0.717) is 29.8 Å². The Hall–Kier alpha value is -2.57. The summed E-state index contributed by atoms with van der Waals surface area (Å²) in [4.78, 5) is 4.99. The molecule has 4 aliphatic rings. The number of hydrogen-bond acceptors (Lipinski definition) is 9. The molecular weight excluding hydrogens is 693 g/mol. The van der Waals surface area contributed by atoms with E-state index in [2.05, 4.69) is 29.7 Å². The SMILES string of the molecule is CCCCCC(CCN)CCCCC1[OH+][C-](CCc2ccc(O)c(OCC(O)C3=C[C+]4C(=N3)CCC3CCCC3C4C(CNC)NCC(C)O)c2)C=C1CO. The molecule has 2 aliphatic heterocycles. The first-order chi connectivity index (χ1) is 26.7. The van der Waals surface area contributed by atoms with E-state index >= 15 is 0 Å². The summed E-state index contributed by atoms with van der Waals surface area (Å²) in [6.07, 6.45) is 21.7. The van der Waals surface area contributed by atoms with Crippen LogP contribution >= 0.6 is 0 Å². The summed E-state index contributed by atoms with van der Waals surface area (Å²) in [5.41, 5.74) is 9.59. The number of benzene rings is 1. The third-order valence-corrected chi connectivity index (χ3v) is 12.6. The molecule has 55 heavy (non-hydrogen) atoms. The van der Waals surface area contributed by atoms with Gasteiger partial charge in [-0.05, 0) is 94.5 Å². The van der Waals surface area contributed by atoms with Gasteiger partial charge in [0.1, 0.15) is 30.4 Å². The zero-order valence-corrected chi connectivity index (χ0v) is 34.0. The van der Waals surface area contributed by atoms with Crippen LogP contribution in [-0.2, 0) is 6.42 Å². The Bertz CT molecular complexity index is 1400. The van der Waals surface area contributed by atoms with Gasteiger partial charge in [-0.2, -0.15) is 0 Å². The number of phenols is 1. The van der Waals surface area contributed by atoms with Gasteiger partial charge >= 0.3 is 0 Å². The van der Waals surface area contributed by atoms with Gasteiger partial charge in [0.05, 0.1) is 18.1 Å². The predicted octanol–water partition coefficient (Wildman–Crippen LogP) is 5.83. The van der Waals surface area contributed by atoms with Crippen molar-refractivity contribution in [2.75, 3.05) is 39.9 Å². The first-order valence-electron chi connectivity index (χ1n) is 21.7. The van der Waals surface area contributed by atoms with Crippen molar-refractivity contribution >= 4 is 5.71 Å². The van der Waals surface area contributed by atoms with E-state index in [1.165, 1.54) is 63.7 Å². The molecule has 1 aromatic rings. The number of allylic oxidation sites excluding steroid dienone is 1. The molecule has 2 fully saturated rings. The average molecular weight is 766 g/mol. The van der Waals surface area contributed by atoms with Gasteiger partial charge in [0, 0.05) is 38.6 Å². The fraction of sp³-hybridized carbons (Fsp3) is 0.711. The van der Waals surface area contributed by atoms with Crippen molar-refractivity contribution in [1.29, 1.82) is 0 Å². The van der Waals surface area contributed by atoms with Crippen molar-refractivity contribution in [2.24, 2.45) is 34.4 Å². The highest BCUT2D eigenvalue weighted by atomic mass is 16.5. The zero-order chi connectivity index (χ0) is 39.2. The maximum Gasteiger partial charge on any atom is 0.208 e. The summed E-state index contributed by atoms with van der Waals surface area (Å²) in [5.74, 6) is 3.77. The van der Waals surface area contributed by atoms with Crippen LogP contribution in [0.4, 0.5) is 0 Å². The van der Waals surface area contributed by atoms with Gasteiger partial charge in [-0.1, -0.05) is 64.4 Å². The molecular formula is C45H73N4O6+. The fourth-order valence-electron chi connectivity index (χ4n) is 9.63. The molecule has 0 spiro atoms. The summed E-state index contributed by atoms with van der Waals surface area (Å²) in [5, 5.41) is 49.2. The van der Waals surface area contributed by atoms with Crippen molar-refractivity contribution in [3.63, 3.8) is 0 Å². The van der Waals surface area contributed by atoms with Gasteiger partial charge in [0.25, 0.3) is 0 Å². The number of fused-ring (bicyclic) bond motifs is 2. The summed E-state index contributed by atoms with van der Waals surface area (Å²) < 4.78 is 11.1. The summed E-state index contributed by atoms with van der Waals surface area (Å²) in [6.45, 7) is 6.15. The van der Waals surface area contributed by atoms with Crippen molar-refractivity contribution < 1.29 is 29.9 Å². The second-order valence-corrected chi connectivity index (χ2v) is 16.8. The van der Waals surface area contributed by atoms with Gasteiger partial charge in [-0.25, -0.2) is 0 Å². The molecule has 0 radical (unpaired) electrons. The summed E-state index contributed by atoms with van der Waals surface area (Å²) >= 11 is 0. The molecule has 2 heterocycles. The first-order valence-corrected chi connectivity index (χ1v) is 21.7. The monoisotopic (exact) mass is 766 g/mol. The van der Waals surface area contributed by atoms with Crippen LogP contribution in [0.2, 0.25) is 0 Å². The van der Waals surface area contributed by atoms with E-state index in [-0.39, 0.29) is 37.0 Å². The second-order valence-electron chi connectivity index (χ2n) is 16.8. The number of unbranched alkanes of at least 4 members (excludes halogenated alkanes) is 3. The van der Waals surface area contributed by atoms with E-state index in [9.17, 15) is 20.4 Å². The first kappa shape index (κ1) is 43.6. The van der Waals surface area contributed by atoms with E-state index in [4.69, 9.17) is 20.2 Å². The molecule has 5 rings (SSSR count). The van der Waals surface area contributed by atoms with Crippen LogP contribution in [0.25, 0.3) is 0 Å². The zero-order valence-electron chi connectivity index (χ0n) is 34.0. The van der Waals surface area contributed by atoms with Gasteiger partial charge in [-0.15, -0.1) is 16.6 Å². The molecule has 8 atom stereocenters. The Balaban J connectivity index is 1.13. The van der Waals surface area contributed by atoms with Gasteiger partial charge in [0.2, 0.25) is 5.70 Å². The highest BCUT2D eigenvalue weighted by Gasteiger charge is 2.52. The second kappa shape index (κ2) is 22.4. The van der Waals surface area contributed by atoms with Crippen molar-refractivity contribution in [1.82, 2.24) is 10.6 Å². The number of phenolic OH excluding ortho intramolecular Hbond substituents is 1. The minimum absolute atomic E-state index is 0.0213. The van der Waals surface area contributed by atoms with Crippen molar-refractivity contribution in [3.8, 4) is 11.5 Å². The lowest BCUT2D eigenvalue weighted by molar-refractivity contribution is -0.0553. The normalized spacial score (nSPS) is 24.5. The molecule has 0 saturated heterocycles.